The van der Waals surface area contributed by atoms with Crippen molar-refractivity contribution in [2.24, 2.45) is 0 Å². The van der Waals surface area contributed by atoms with Crippen molar-refractivity contribution < 1.29 is 19.4 Å². The number of nitrogens with zero attached hydrogens (tertiary/aromatic N) is 1. The summed E-state index contributed by atoms with van der Waals surface area (Å²) < 4.78 is 5.20. The van der Waals surface area contributed by atoms with Crippen LogP contribution in [0, 0.1) is 0 Å². The molecule has 1 saturated heterocycles. The average Bonchev–Trinajstić information content (AvgIpc) is 2.84. The van der Waals surface area contributed by atoms with E-state index in [9.17, 15) is 14.7 Å². The van der Waals surface area contributed by atoms with Crippen LogP contribution < -0.4 is 5.32 Å². The van der Waals surface area contributed by atoms with Crippen LogP contribution in [0.4, 0.5) is 4.79 Å². The van der Waals surface area contributed by atoms with Gasteiger partial charge in [-0.05, 0) is 32.6 Å². The second kappa shape index (κ2) is 8.09. The number of carbonyl (C=O) groups is 2. The normalized spacial score (nSPS) is 22.0. The molecule has 0 aromatic heterocycles. The molecule has 1 atom stereocenters. The lowest BCUT2D eigenvalue weighted by Gasteiger charge is -2.34. The molecule has 0 aliphatic carbocycles. The molecule has 1 aliphatic rings. The van der Waals surface area contributed by atoms with Crippen molar-refractivity contribution in [1.82, 2.24) is 10.2 Å². The van der Waals surface area contributed by atoms with E-state index in [2.05, 4.69) is 5.32 Å². The Balaban J connectivity index is 2.54. The molecule has 1 fully saturated rings. The first-order chi connectivity index (χ1) is 9.58. The van der Waals surface area contributed by atoms with E-state index in [-0.39, 0.29) is 6.03 Å². The molecule has 2 amide bonds. The summed E-state index contributed by atoms with van der Waals surface area (Å²) >= 11 is 0. The van der Waals surface area contributed by atoms with E-state index < -0.39 is 11.5 Å². The Kier molecular flexibility index (Phi) is 6.78. The van der Waals surface area contributed by atoms with Crippen molar-refractivity contribution in [2.45, 2.75) is 51.5 Å². The minimum atomic E-state index is -1.02. The molecule has 6 heteroatoms. The van der Waals surface area contributed by atoms with Crippen molar-refractivity contribution in [2.75, 3.05) is 26.3 Å². The van der Waals surface area contributed by atoms with Crippen LogP contribution in [0.2, 0.25) is 0 Å². The first-order valence-electron chi connectivity index (χ1n) is 7.45. The van der Waals surface area contributed by atoms with Gasteiger partial charge < -0.3 is 20.1 Å². The minimum absolute atomic E-state index is 0.269. The lowest BCUT2D eigenvalue weighted by atomic mass is 9.91. The monoisotopic (exact) mass is 286 g/mol. The molecule has 0 spiro atoms. The predicted molar refractivity (Wildman–Crippen MR) is 75.7 cm³/mol. The average molecular weight is 286 g/mol. The van der Waals surface area contributed by atoms with E-state index >= 15 is 0 Å². The number of likely N-dealkylation sites (tertiary alicyclic amines) is 1. The summed E-state index contributed by atoms with van der Waals surface area (Å²) in [5.74, 6) is -0.888. The highest BCUT2D eigenvalue weighted by molar-refractivity contribution is 5.87. The molecule has 20 heavy (non-hydrogen) atoms. The number of hydrogen-bond donors (Lipinski definition) is 2. The molecule has 1 rings (SSSR count). The number of urea groups is 1. The van der Waals surface area contributed by atoms with Crippen LogP contribution >= 0.6 is 0 Å². The van der Waals surface area contributed by atoms with Crippen LogP contribution in [0.3, 0.4) is 0 Å². The van der Waals surface area contributed by atoms with Gasteiger partial charge in [0.25, 0.3) is 0 Å². The molecule has 2 N–H and O–H groups in total. The van der Waals surface area contributed by atoms with Crippen LogP contribution in [-0.4, -0.2) is 53.8 Å². The highest BCUT2D eigenvalue weighted by Crippen LogP contribution is 2.33. The van der Waals surface area contributed by atoms with Gasteiger partial charge in [-0.2, -0.15) is 0 Å². The third-order valence-corrected chi connectivity index (χ3v) is 3.74. The van der Waals surface area contributed by atoms with Crippen molar-refractivity contribution in [3.05, 3.63) is 0 Å². The summed E-state index contributed by atoms with van der Waals surface area (Å²) in [4.78, 5) is 25.3. The molecule has 0 radical (unpaired) electrons. The van der Waals surface area contributed by atoms with Crippen LogP contribution in [0.25, 0.3) is 0 Å². The Bertz CT molecular complexity index is 335. The van der Waals surface area contributed by atoms with E-state index in [4.69, 9.17) is 4.74 Å². The molecule has 0 saturated carbocycles. The molecular weight excluding hydrogens is 260 g/mol. The van der Waals surface area contributed by atoms with Crippen LogP contribution in [-0.2, 0) is 9.53 Å². The summed E-state index contributed by atoms with van der Waals surface area (Å²) in [6.45, 7) is 6.17. The van der Waals surface area contributed by atoms with Crippen molar-refractivity contribution >= 4 is 12.0 Å². The van der Waals surface area contributed by atoms with Gasteiger partial charge in [0.05, 0.1) is 0 Å². The Labute approximate surface area is 120 Å². The maximum absolute atomic E-state index is 12.2. The van der Waals surface area contributed by atoms with Gasteiger partial charge in [-0.25, -0.2) is 9.59 Å². The molecule has 1 heterocycles. The summed E-state index contributed by atoms with van der Waals surface area (Å²) in [5, 5.41) is 12.3. The second-order valence-electron chi connectivity index (χ2n) is 5.12. The third kappa shape index (κ3) is 3.85. The third-order valence-electron chi connectivity index (χ3n) is 3.74. The van der Waals surface area contributed by atoms with E-state index in [1.807, 2.05) is 13.8 Å². The van der Waals surface area contributed by atoms with E-state index in [1.165, 1.54) is 4.90 Å². The quantitative estimate of drug-likeness (QED) is 0.667. The second-order valence-corrected chi connectivity index (χ2v) is 5.12. The van der Waals surface area contributed by atoms with E-state index in [0.29, 0.717) is 39.1 Å². The number of aliphatic carboxylic acids is 1. The predicted octanol–water partition coefficient (Wildman–Crippen LogP) is 1.84. The zero-order chi connectivity index (χ0) is 15.0. The number of amides is 2. The Morgan fingerprint density at radius 1 is 1.40 bits per heavy atom. The highest BCUT2D eigenvalue weighted by atomic mass is 16.5. The van der Waals surface area contributed by atoms with Gasteiger partial charge in [0.2, 0.25) is 0 Å². The molecule has 0 aromatic rings. The highest BCUT2D eigenvalue weighted by Gasteiger charge is 2.49. The van der Waals surface area contributed by atoms with E-state index in [1.54, 1.807) is 0 Å². The summed E-state index contributed by atoms with van der Waals surface area (Å²) in [7, 11) is 0. The summed E-state index contributed by atoms with van der Waals surface area (Å²) in [5.41, 5.74) is -1.02. The Morgan fingerprint density at radius 3 is 2.75 bits per heavy atom. The molecule has 1 aliphatic heterocycles. The van der Waals surface area contributed by atoms with Crippen LogP contribution in [0.5, 0.6) is 0 Å². The largest absolute Gasteiger partial charge is 0.479 e. The van der Waals surface area contributed by atoms with Gasteiger partial charge in [-0.15, -0.1) is 0 Å². The van der Waals surface area contributed by atoms with Crippen molar-refractivity contribution in [3.63, 3.8) is 0 Å². The number of nitrogens with one attached hydrogen (secondary N) is 1. The lowest BCUT2D eigenvalue weighted by Crippen LogP contribution is -2.56. The molecule has 6 nitrogen and oxygen atoms in total. The van der Waals surface area contributed by atoms with Crippen LogP contribution in [0.1, 0.15) is 46.0 Å². The Hall–Kier alpha value is -1.30. The number of rotatable bonds is 8. The number of hydrogen-bond acceptors (Lipinski definition) is 3. The maximum atomic E-state index is 12.2. The molecular formula is C14H26N2O4. The summed E-state index contributed by atoms with van der Waals surface area (Å²) in [6.07, 6.45) is 3.29. The van der Waals surface area contributed by atoms with Gasteiger partial charge in [0.15, 0.2) is 0 Å². The zero-order valence-electron chi connectivity index (χ0n) is 12.5. The maximum Gasteiger partial charge on any atom is 0.329 e. The number of carbonyl (C=O) groups excluding carboxylic acids is 1. The van der Waals surface area contributed by atoms with Crippen molar-refractivity contribution in [1.29, 1.82) is 0 Å². The molecule has 1 unspecified atom stereocenters. The van der Waals surface area contributed by atoms with Gasteiger partial charge in [0, 0.05) is 26.3 Å². The fourth-order valence-corrected chi connectivity index (χ4v) is 2.79. The number of carboxylic acid groups (broad SMARTS) is 1. The van der Waals surface area contributed by atoms with Crippen LogP contribution in [0.15, 0.2) is 0 Å². The summed E-state index contributed by atoms with van der Waals surface area (Å²) in [6, 6.07) is -0.269. The van der Waals surface area contributed by atoms with Gasteiger partial charge >= 0.3 is 12.0 Å². The molecule has 116 valence electrons. The number of ether oxygens (including phenoxy) is 1. The standard InChI is InChI=1S/C14H26N2O4/c1-3-7-14(12(17)18)8-5-10-16(14)13(19)15-9-6-11-20-4-2/h3-11H2,1-2H3,(H,15,19)(H,17,18). The lowest BCUT2D eigenvalue weighted by molar-refractivity contribution is -0.148. The molecule has 0 aromatic carbocycles. The molecule has 0 bridgehead atoms. The first-order valence-corrected chi connectivity index (χ1v) is 7.45. The smallest absolute Gasteiger partial charge is 0.329 e. The Morgan fingerprint density at radius 2 is 2.15 bits per heavy atom. The fourth-order valence-electron chi connectivity index (χ4n) is 2.79. The first kappa shape index (κ1) is 16.8. The van der Waals surface area contributed by atoms with Gasteiger partial charge in [0.1, 0.15) is 5.54 Å². The zero-order valence-corrected chi connectivity index (χ0v) is 12.5. The number of carboxylic acids is 1. The van der Waals surface area contributed by atoms with Gasteiger partial charge in [-0.3, -0.25) is 0 Å². The fraction of sp³-hybridized carbons (Fsp3) is 0.857. The van der Waals surface area contributed by atoms with Gasteiger partial charge in [-0.1, -0.05) is 13.3 Å². The SMILES string of the molecule is CCCC1(C(=O)O)CCCN1C(=O)NCCCOCC. The minimum Gasteiger partial charge on any atom is -0.479 e. The van der Waals surface area contributed by atoms with E-state index in [0.717, 1.165) is 19.3 Å². The van der Waals surface area contributed by atoms with Crippen molar-refractivity contribution in [3.8, 4) is 0 Å². The topological polar surface area (TPSA) is 78.9 Å².